The van der Waals surface area contributed by atoms with Gasteiger partial charge in [-0.25, -0.2) is 0 Å². The summed E-state index contributed by atoms with van der Waals surface area (Å²) in [6.07, 6.45) is 0. The Hall–Kier alpha value is -1.90. The summed E-state index contributed by atoms with van der Waals surface area (Å²) in [5, 5.41) is 8.91. The summed E-state index contributed by atoms with van der Waals surface area (Å²) in [6.45, 7) is 5.41. The normalized spacial score (nSPS) is 16.0. The van der Waals surface area contributed by atoms with E-state index in [0.717, 1.165) is 39.3 Å². The molecule has 0 radical (unpaired) electrons. The molecule has 1 heterocycles. The molecule has 1 amide bonds. The van der Waals surface area contributed by atoms with Gasteiger partial charge in [0.1, 0.15) is 0 Å². The van der Waals surface area contributed by atoms with E-state index in [9.17, 15) is 4.79 Å². The summed E-state index contributed by atoms with van der Waals surface area (Å²) in [5.41, 5.74) is 1.14. The van der Waals surface area contributed by atoms with Crippen LogP contribution in [0.1, 0.15) is 15.9 Å². The van der Waals surface area contributed by atoms with Gasteiger partial charge in [-0.1, -0.05) is 6.07 Å². The predicted molar refractivity (Wildman–Crippen MR) is 82.1 cm³/mol. The van der Waals surface area contributed by atoms with Gasteiger partial charge < -0.3 is 9.80 Å². The highest BCUT2D eigenvalue weighted by Gasteiger charge is 2.22. The molecule has 0 N–H and O–H groups in total. The van der Waals surface area contributed by atoms with Crippen LogP contribution >= 0.6 is 0 Å². The minimum atomic E-state index is 0.0272. The fraction of sp³-hybridized carbons (Fsp3) is 0.500. The van der Waals surface area contributed by atoms with Gasteiger partial charge in [0, 0.05) is 44.8 Å². The predicted octanol–water partition coefficient (Wildman–Crippen LogP) is 0.878. The molecule has 0 atom stereocenters. The maximum atomic E-state index is 12.4. The van der Waals surface area contributed by atoms with Crippen molar-refractivity contribution in [1.29, 1.82) is 5.26 Å². The van der Waals surface area contributed by atoms with Crippen LogP contribution in [0.2, 0.25) is 0 Å². The van der Waals surface area contributed by atoms with Crippen LogP contribution in [-0.2, 0) is 0 Å². The van der Waals surface area contributed by atoms with E-state index in [4.69, 9.17) is 5.26 Å². The van der Waals surface area contributed by atoms with E-state index in [-0.39, 0.29) is 5.91 Å². The quantitative estimate of drug-likeness (QED) is 0.824. The summed E-state index contributed by atoms with van der Waals surface area (Å²) in [7, 11) is 4.14. The highest BCUT2D eigenvalue weighted by molar-refractivity contribution is 5.94. The minimum Gasteiger partial charge on any atom is -0.336 e. The van der Waals surface area contributed by atoms with Crippen LogP contribution in [0, 0.1) is 11.3 Å². The molecular formula is C16H22N4O. The first-order chi connectivity index (χ1) is 10.1. The molecule has 1 aromatic carbocycles. The zero-order chi connectivity index (χ0) is 15.2. The second-order valence-corrected chi connectivity index (χ2v) is 5.63. The summed E-state index contributed by atoms with van der Waals surface area (Å²) in [5.74, 6) is 0.0272. The maximum Gasteiger partial charge on any atom is 0.253 e. The second-order valence-electron chi connectivity index (χ2n) is 5.63. The number of benzene rings is 1. The molecule has 0 spiro atoms. The van der Waals surface area contributed by atoms with Gasteiger partial charge in [-0.05, 0) is 32.3 Å². The molecule has 112 valence electrons. The summed E-state index contributed by atoms with van der Waals surface area (Å²) in [6, 6.07) is 9.00. The van der Waals surface area contributed by atoms with Gasteiger partial charge in [0.25, 0.3) is 5.91 Å². The minimum absolute atomic E-state index is 0.0272. The van der Waals surface area contributed by atoms with Gasteiger partial charge in [0.2, 0.25) is 0 Å². The maximum absolute atomic E-state index is 12.4. The lowest BCUT2D eigenvalue weighted by atomic mass is 10.1. The van der Waals surface area contributed by atoms with Crippen molar-refractivity contribution in [3.05, 3.63) is 35.4 Å². The molecule has 0 saturated carbocycles. The molecule has 1 aromatic rings. The monoisotopic (exact) mass is 286 g/mol. The largest absolute Gasteiger partial charge is 0.336 e. The molecule has 0 bridgehead atoms. The number of piperazine rings is 1. The van der Waals surface area contributed by atoms with E-state index in [0.29, 0.717) is 11.1 Å². The lowest BCUT2D eigenvalue weighted by molar-refractivity contribution is 0.0629. The van der Waals surface area contributed by atoms with E-state index in [2.05, 4.69) is 30.0 Å². The summed E-state index contributed by atoms with van der Waals surface area (Å²) >= 11 is 0. The van der Waals surface area contributed by atoms with Gasteiger partial charge in [0.05, 0.1) is 11.6 Å². The Balaban J connectivity index is 1.89. The van der Waals surface area contributed by atoms with Gasteiger partial charge in [-0.3, -0.25) is 9.69 Å². The molecule has 5 nitrogen and oxygen atoms in total. The van der Waals surface area contributed by atoms with Crippen molar-refractivity contribution in [2.45, 2.75) is 0 Å². The first kappa shape index (κ1) is 15.5. The van der Waals surface area contributed by atoms with Gasteiger partial charge in [-0.2, -0.15) is 5.26 Å². The van der Waals surface area contributed by atoms with Gasteiger partial charge >= 0.3 is 0 Å². The molecule has 1 aliphatic heterocycles. The molecule has 0 aromatic heterocycles. The Morgan fingerprint density at radius 1 is 1.29 bits per heavy atom. The molecule has 1 aliphatic rings. The zero-order valence-corrected chi connectivity index (χ0v) is 12.7. The molecule has 5 heteroatoms. The fourth-order valence-electron chi connectivity index (χ4n) is 2.42. The van der Waals surface area contributed by atoms with E-state index >= 15 is 0 Å². The third kappa shape index (κ3) is 4.28. The molecule has 0 unspecified atom stereocenters. The number of hydrogen-bond acceptors (Lipinski definition) is 4. The SMILES string of the molecule is CN(C)CCN1CCN(C(=O)c2cccc(C#N)c2)CC1. The van der Waals surface area contributed by atoms with Gasteiger partial charge in [-0.15, -0.1) is 0 Å². The first-order valence-corrected chi connectivity index (χ1v) is 7.26. The third-order valence-corrected chi connectivity index (χ3v) is 3.76. The second kappa shape index (κ2) is 7.21. The van der Waals surface area contributed by atoms with Crippen molar-refractivity contribution in [2.24, 2.45) is 0 Å². The standard InChI is InChI=1S/C16H22N4O/c1-18(2)6-7-19-8-10-20(11-9-19)16(21)15-5-3-4-14(12-15)13-17/h3-5,12H,6-11H2,1-2H3. The smallest absolute Gasteiger partial charge is 0.253 e. The van der Waals surface area contributed by atoms with Crippen molar-refractivity contribution in [3.63, 3.8) is 0 Å². The van der Waals surface area contributed by atoms with Crippen molar-refractivity contribution in [1.82, 2.24) is 14.7 Å². The number of nitriles is 1. The summed E-state index contributed by atoms with van der Waals surface area (Å²) < 4.78 is 0. The number of hydrogen-bond donors (Lipinski definition) is 0. The van der Waals surface area contributed by atoms with E-state index in [1.165, 1.54) is 0 Å². The van der Waals surface area contributed by atoms with Crippen LogP contribution in [-0.4, -0.2) is 74.0 Å². The number of likely N-dealkylation sites (N-methyl/N-ethyl adjacent to an activating group) is 1. The first-order valence-electron chi connectivity index (χ1n) is 7.26. The fourth-order valence-corrected chi connectivity index (χ4v) is 2.42. The van der Waals surface area contributed by atoms with Crippen molar-refractivity contribution in [3.8, 4) is 6.07 Å². The number of carbonyl (C=O) groups is 1. The molecule has 21 heavy (non-hydrogen) atoms. The van der Waals surface area contributed by atoms with Crippen LogP contribution in [0.3, 0.4) is 0 Å². The van der Waals surface area contributed by atoms with Crippen molar-refractivity contribution < 1.29 is 4.79 Å². The van der Waals surface area contributed by atoms with E-state index in [1.807, 2.05) is 4.90 Å². The lowest BCUT2D eigenvalue weighted by Gasteiger charge is -2.35. The summed E-state index contributed by atoms with van der Waals surface area (Å²) in [4.78, 5) is 18.9. The molecule has 0 aliphatic carbocycles. The van der Waals surface area contributed by atoms with E-state index in [1.54, 1.807) is 24.3 Å². The number of nitrogens with zero attached hydrogens (tertiary/aromatic N) is 4. The van der Waals surface area contributed by atoms with Crippen LogP contribution in [0.15, 0.2) is 24.3 Å². The Kier molecular flexibility index (Phi) is 5.32. The highest BCUT2D eigenvalue weighted by Crippen LogP contribution is 2.10. The van der Waals surface area contributed by atoms with E-state index < -0.39 is 0 Å². The Bertz CT molecular complexity index is 527. The molecular weight excluding hydrogens is 264 g/mol. The van der Waals surface area contributed by atoms with Crippen LogP contribution in [0.25, 0.3) is 0 Å². The average molecular weight is 286 g/mol. The topological polar surface area (TPSA) is 50.6 Å². The molecule has 1 saturated heterocycles. The van der Waals surface area contributed by atoms with Crippen molar-refractivity contribution in [2.75, 3.05) is 53.4 Å². The van der Waals surface area contributed by atoms with Crippen molar-refractivity contribution >= 4 is 5.91 Å². The number of rotatable bonds is 4. The highest BCUT2D eigenvalue weighted by atomic mass is 16.2. The molecule has 1 fully saturated rings. The average Bonchev–Trinajstić information content (AvgIpc) is 2.52. The lowest BCUT2D eigenvalue weighted by Crippen LogP contribution is -2.49. The number of amides is 1. The third-order valence-electron chi connectivity index (χ3n) is 3.76. The van der Waals surface area contributed by atoms with Crippen LogP contribution in [0.5, 0.6) is 0 Å². The Labute approximate surface area is 126 Å². The number of carbonyl (C=O) groups excluding carboxylic acids is 1. The van der Waals surface area contributed by atoms with Crippen LogP contribution in [0.4, 0.5) is 0 Å². The van der Waals surface area contributed by atoms with Crippen LogP contribution < -0.4 is 0 Å². The zero-order valence-electron chi connectivity index (χ0n) is 12.7. The van der Waals surface area contributed by atoms with Gasteiger partial charge in [0.15, 0.2) is 0 Å². The Morgan fingerprint density at radius 3 is 2.62 bits per heavy atom. The molecule has 2 rings (SSSR count). The Morgan fingerprint density at radius 2 is 2.00 bits per heavy atom.